The van der Waals surface area contributed by atoms with Gasteiger partial charge in [-0.25, -0.2) is 4.98 Å². The van der Waals surface area contributed by atoms with Gasteiger partial charge in [0.1, 0.15) is 12.7 Å². The summed E-state index contributed by atoms with van der Waals surface area (Å²) in [6, 6.07) is 4.91. The van der Waals surface area contributed by atoms with Crippen molar-refractivity contribution in [3.63, 3.8) is 0 Å². The summed E-state index contributed by atoms with van der Waals surface area (Å²) in [5.41, 5.74) is 0.546. The van der Waals surface area contributed by atoms with Crippen LogP contribution in [0.4, 0.5) is 5.69 Å². The third-order valence-electron chi connectivity index (χ3n) is 2.24. The van der Waals surface area contributed by atoms with E-state index in [1.54, 1.807) is 29.2 Å². The molecule has 0 spiro atoms. The van der Waals surface area contributed by atoms with Gasteiger partial charge in [0.25, 0.3) is 0 Å². The Bertz CT molecular complexity index is 542. The van der Waals surface area contributed by atoms with Gasteiger partial charge in [0.15, 0.2) is 0 Å². The number of benzene rings is 1. The van der Waals surface area contributed by atoms with E-state index in [-0.39, 0.29) is 5.91 Å². The standard InChI is InChI=1S/C11H10Cl2N4O/c12-8-1-2-10(9(13)5-8)16-11(18)3-4-17-7-14-6-15-17/h1-2,5-7H,3-4H2,(H,16,18). The lowest BCUT2D eigenvalue weighted by molar-refractivity contribution is -0.116. The number of aromatic nitrogens is 3. The highest BCUT2D eigenvalue weighted by Crippen LogP contribution is 2.25. The molecule has 0 aliphatic carbocycles. The van der Waals surface area contributed by atoms with Gasteiger partial charge in [-0.2, -0.15) is 5.10 Å². The smallest absolute Gasteiger partial charge is 0.226 e. The Morgan fingerprint density at radius 3 is 2.89 bits per heavy atom. The van der Waals surface area contributed by atoms with Crippen molar-refractivity contribution in [3.05, 3.63) is 40.9 Å². The first-order valence-corrected chi connectivity index (χ1v) is 5.98. The zero-order valence-electron chi connectivity index (χ0n) is 9.31. The van der Waals surface area contributed by atoms with Crippen molar-refractivity contribution < 1.29 is 4.79 Å². The van der Waals surface area contributed by atoms with Crippen molar-refractivity contribution in [2.45, 2.75) is 13.0 Å². The summed E-state index contributed by atoms with van der Waals surface area (Å²) in [6.45, 7) is 0.469. The van der Waals surface area contributed by atoms with Crippen LogP contribution in [-0.4, -0.2) is 20.7 Å². The van der Waals surface area contributed by atoms with E-state index in [9.17, 15) is 4.79 Å². The van der Waals surface area contributed by atoms with Gasteiger partial charge in [0.2, 0.25) is 5.91 Å². The number of hydrogen-bond donors (Lipinski definition) is 1. The summed E-state index contributed by atoms with van der Waals surface area (Å²) in [5.74, 6) is -0.144. The maximum absolute atomic E-state index is 11.7. The van der Waals surface area contributed by atoms with Gasteiger partial charge in [0, 0.05) is 11.4 Å². The number of nitrogens with one attached hydrogen (secondary N) is 1. The van der Waals surface area contributed by atoms with Crippen molar-refractivity contribution in [1.82, 2.24) is 14.8 Å². The minimum Gasteiger partial charge on any atom is -0.325 e. The molecule has 0 atom stereocenters. The van der Waals surface area contributed by atoms with Gasteiger partial charge in [-0.15, -0.1) is 0 Å². The Hall–Kier alpha value is -1.59. The van der Waals surface area contributed by atoms with Gasteiger partial charge in [-0.1, -0.05) is 23.2 Å². The fraction of sp³-hybridized carbons (Fsp3) is 0.182. The average molecular weight is 285 g/mol. The van der Waals surface area contributed by atoms with Crippen LogP contribution in [0.3, 0.4) is 0 Å². The fourth-order valence-corrected chi connectivity index (χ4v) is 1.82. The van der Waals surface area contributed by atoms with Crippen LogP contribution in [0.15, 0.2) is 30.9 Å². The number of aryl methyl sites for hydroxylation is 1. The van der Waals surface area contributed by atoms with E-state index < -0.39 is 0 Å². The molecule has 0 aliphatic rings. The second-order valence-electron chi connectivity index (χ2n) is 3.58. The summed E-state index contributed by atoms with van der Waals surface area (Å²) in [4.78, 5) is 15.5. The molecule has 5 nitrogen and oxygen atoms in total. The molecule has 1 heterocycles. The van der Waals surface area contributed by atoms with Crippen LogP contribution in [0.2, 0.25) is 10.0 Å². The molecule has 0 saturated carbocycles. The summed E-state index contributed by atoms with van der Waals surface area (Å²) in [6.07, 6.45) is 3.28. The van der Waals surface area contributed by atoms with Crippen LogP contribution in [-0.2, 0) is 11.3 Å². The molecule has 7 heteroatoms. The quantitative estimate of drug-likeness (QED) is 0.939. The monoisotopic (exact) mass is 284 g/mol. The van der Waals surface area contributed by atoms with Crippen LogP contribution in [0.5, 0.6) is 0 Å². The molecule has 2 aromatic rings. The minimum atomic E-state index is -0.144. The number of carbonyl (C=O) groups excluding carboxylic acids is 1. The van der Waals surface area contributed by atoms with Crippen LogP contribution in [0, 0.1) is 0 Å². The highest BCUT2D eigenvalue weighted by atomic mass is 35.5. The van der Waals surface area contributed by atoms with E-state index >= 15 is 0 Å². The maximum atomic E-state index is 11.7. The average Bonchev–Trinajstić information content (AvgIpc) is 2.83. The molecule has 18 heavy (non-hydrogen) atoms. The predicted molar refractivity (Wildman–Crippen MR) is 69.7 cm³/mol. The minimum absolute atomic E-state index is 0.144. The zero-order chi connectivity index (χ0) is 13.0. The number of rotatable bonds is 4. The highest BCUT2D eigenvalue weighted by molar-refractivity contribution is 6.36. The molecule has 2 rings (SSSR count). The topological polar surface area (TPSA) is 59.8 Å². The van der Waals surface area contributed by atoms with E-state index in [2.05, 4.69) is 15.4 Å². The third kappa shape index (κ3) is 3.45. The summed E-state index contributed by atoms with van der Waals surface area (Å²) < 4.78 is 1.59. The summed E-state index contributed by atoms with van der Waals surface area (Å²) >= 11 is 11.7. The summed E-state index contributed by atoms with van der Waals surface area (Å²) in [7, 11) is 0. The predicted octanol–water partition coefficient (Wildman–Crippen LogP) is 2.61. The molecule has 0 saturated heterocycles. The van der Waals surface area contributed by atoms with E-state index in [0.717, 1.165) is 0 Å². The number of anilines is 1. The van der Waals surface area contributed by atoms with Gasteiger partial charge < -0.3 is 5.32 Å². The van der Waals surface area contributed by atoms with Crippen molar-refractivity contribution >= 4 is 34.8 Å². The fourth-order valence-electron chi connectivity index (χ4n) is 1.37. The molecular weight excluding hydrogens is 275 g/mol. The second-order valence-corrected chi connectivity index (χ2v) is 4.42. The van der Waals surface area contributed by atoms with Gasteiger partial charge in [-0.3, -0.25) is 9.48 Å². The molecule has 0 radical (unpaired) electrons. The number of hydrogen-bond acceptors (Lipinski definition) is 3. The Morgan fingerprint density at radius 2 is 2.22 bits per heavy atom. The lowest BCUT2D eigenvalue weighted by Crippen LogP contribution is -2.14. The SMILES string of the molecule is O=C(CCn1cncn1)Nc1ccc(Cl)cc1Cl. The Labute approximate surface area is 114 Å². The second kappa shape index (κ2) is 5.84. The van der Waals surface area contributed by atoms with Crippen LogP contribution < -0.4 is 5.32 Å². The first kappa shape index (κ1) is 12.9. The molecule has 1 aromatic carbocycles. The van der Waals surface area contributed by atoms with E-state index in [1.807, 2.05) is 0 Å². The largest absolute Gasteiger partial charge is 0.325 e. The zero-order valence-corrected chi connectivity index (χ0v) is 10.8. The summed E-state index contributed by atoms with van der Waals surface area (Å²) in [5, 5.41) is 7.56. The van der Waals surface area contributed by atoms with Gasteiger partial charge in [-0.05, 0) is 18.2 Å². The molecule has 1 amide bonds. The maximum Gasteiger partial charge on any atom is 0.226 e. The van der Waals surface area contributed by atoms with Gasteiger partial charge in [0.05, 0.1) is 17.3 Å². The Morgan fingerprint density at radius 1 is 1.39 bits per heavy atom. The lowest BCUT2D eigenvalue weighted by atomic mass is 10.3. The number of nitrogens with zero attached hydrogens (tertiary/aromatic N) is 3. The van der Waals surface area contributed by atoms with Crippen molar-refractivity contribution in [3.8, 4) is 0 Å². The van der Waals surface area contributed by atoms with Crippen LogP contribution >= 0.6 is 23.2 Å². The van der Waals surface area contributed by atoms with Crippen molar-refractivity contribution in [2.75, 3.05) is 5.32 Å². The number of amides is 1. The molecule has 1 aromatic heterocycles. The first-order chi connectivity index (χ1) is 8.65. The number of halogens is 2. The lowest BCUT2D eigenvalue weighted by Gasteiger charge is -2.07. The molecule has 0 fully saturated rings. The molecule has 1 N–H and O–H groups in total. The first-order valence-electron chi connectivity index (χ1n) is 5.22. The molecule has 0 aliphatic heterocycles. The number of carbonyl (C=O) groups is 1. The Balaban J connectivity index is 1.91. The van der Waals surface area contributed by atoms with Crippen molar-refractivity contribution in [1.29, 1.82) is 0 Å². The van der Waals surface area contributed by atoms with E-state index in [0.29, 0.717) is 28.7 Å². The van der Waals surface area contributed by atoms with Crippen LogP contribution in [0.1, 0.15) is 6.42 Å². The molecule has 0 unspecified atom stereocenters. The van der Waals surface area contributed by atoms with Gasteiger partial charge >= 0.3 is 0 Å². The molecule has 0 bridgehead atoms. The molecule has 94 valence electrons. The van der Waals surface area contributed by atoms with E-state index in [4.69, 9.17) is 23.2 Å². The normalized spacial score (nSPS) is 10.3. The third-order valence-corrected chi connectivity index (χ3v) is 2.79. The van der Waals surface area contributed by atoms with Crippen molar-refractivity contribution in [2.24, 2.45) is 0 Å². The van der Waals surface area contributed by atoms with E-state index in [1.165, 1.54) is 6.33 Å². The molecular formula is C11H10Cl2N4O. The Kier molecular flexibility index (Phi) is 4.17. The highest BCUT2D eigenvalue weighted by Gasteiger charge is 2.06. The van der Waals surface area contributed by atoms with Crippen LogP contribution in [0.25, 0.3) is 0 Å².